The minimum absolute atomic E-state index is 0.162. The van der Waals surface area contributed by atoms with Crippen LogP contribution in [-0.4, -0.2) is 12.6 Å². The normalized spacial score (nSPS) is 11.0. The SMILES string of the molecule is CCOC(=O)CCc1ccc2ccc(C(N)N)cc2c1. The lowest BCUT2D eigenvalue weighted by Gasteiger charge is -2.08. The zero-order valence-corrected chi connectivity index (χ0v) is 11.6. The van der Waals surface area contributed by atoms with Gasteiger partial charge in [-0.3, -0.25) is 4.79 Å². The van der Waals surface area contributed by atoms with Gasteiger partial charge in [0.05, 0.1) is 12.8 Å². The number of ether oxygens (including phenoxy) is 1. The monoisotopic (exact) mass is 272 g/mol. The molecule has 0 heterocycles. The van der Waals surface area contributed by atoms with E-state index in [9.17, 15) is 4.79 Å². The number of esters is 1. The quantitative estimate of drug-likeness (QED) is 0.646. The first-order valence-electron chi connectivity index (χ1n) is 6.79. The Balaban J connectivity index is 2.17. The van der Waals surface area contributed by atoms with E-state index >= 15 is 0 Å². The first-order valence-corrected chi connectivity index (χ1v) is 6.79. The highest BCUT2D eigenvalue weighted by atomic mass is 16.5. The van der Waals surface area contributed by atoms with Crippen molar-refractivity contribution in [1.29, 1.82) is 0 Å². The zero-order valence-electron chi connectivity index (χ0n) is 11.6. The fourth-order valence-electron chi connectivity index (χ4n) is 2.16. The first kappa shape index (κ1) is 14.5. The van der Waals surface area contributed by atoms with Crippen molar-refractivity contribution in [1.82, 2.24) is 0 Å². The minimum atomic E-state index is -0.470. The van der Waals surface area contributed by atoms with E-state index in [0.717, 1.165) is 21.9 Å². The topological polar surface area (TPSA) is 78.3 Å². The highest BCUT2D eigenvalue weighted by Crippen LogP contribution is 2.20. The molecule has 0 unspecified atom stereocenters. The van der Waals surface area contributed by atoms with Gasteiger partial charge in [0.2, 0.25) is 0 Å². The fraction of sp³-hybridized carbons (Fsp3) is 0.312. The van der Waals surface area contributed by atoms with E-state index in [4.69, 9.17) is 16.2 Å². The Morgan fingerprint density at radius 3 is 2.60 bits per heavy atom. The van der Waals surface area contributed by atoms with Gasteiger partial charge in [-0.15, -0.1) is 0 Å². The summed E-state index contributed by atoms with van der Waals surface area (Å²) in [7, 11) is 0. The number of hydrogen-bond donors (Lipinski definition) is 2. The Morgan fingerprint density at radius 2 is 1.90 bits per heavy atom. The van der Waals surface area contributed by atoms with Crippen LogP contribution in [0, 0.1) is 0 Å². The molecule has 0 spiro atoms. The van der Waals surface area contributed by atoms with E-state index < -0.39 is 6.17 Å². The molecular weight excluding hydrogens is 252 g/mol. The van der Waals surface area contributed by atoms with Gasteiger partial charge >= 0.3 is 5.97 Å². The summed E-state index contributed by atoms with van der Waals surface area (Å²) < 4.78 is 4.93. The van der Waals surface area contributed by atoms with Crippen LogP contribution >= 0.6 is 0 Å². The molecule has 2 aromatic carbocycles. The average molecular weight is 272 g/mol. The van der Waals surface area contributed by atoms with E-state index in [1.165, 1.54) is 0 Å². The second kappa shape index (κ2) is 6.50. The lowest BCUT2D eigenvalue weighted by molar-refractivity contribution is -0.143. The minimum Gasteiger partial charge on any atom is -0.466 e. The van der Waals surface area contributed by atoms with Crippen molar-refractivity contribution in [2.24, 2.45) is 11.5 Å². The largest absolute Gasteiger partial charge is 0.466 e. The molecule has 4 heteroatoms. The summed E-state index contributed by atoms with van der Waals surface area (Å²) in [6.45, 7) is 2.24. The van der Waals surface area contributed by atoms with Gasteiger partial charge in [0.15, 0.2) is 0 Å². The van der Waals surface area contributed by atoms with Gasteiger partial charge in [-0.2, -0.15) is 0 Å². The Morgan fingerprint density at radius 1 is 1.15 bits per heavy atom. The summed E-state index contributed by atoms with van der Waals surface area (Å²) in [4.78, 5) is 11.4. The molecule has 0 bridgehead atoms. The fourth-order valence-corrected chi connectivity index (χ4v) is 2.16. The number of benzene rings is 2. The second-order valence-electron chi connectivity index (χ2n) is 4.77. The molecule has 20 heavy (non-hydrogen) atoms. The van der Waals surface area contributed by atoms with Gasteiger partial charge in [0.25, 0.3) is 0 Å². The molecule has 0 aliphatic rings. The highest BCUT2D eigenvalue weighted by Gasteiger charge is 2.05. The molecule has 0 aliphatic carbocycles. The number of carbonyl (C=O) groups is 1. The maximum atomic E-state index is 11.4. The van der Waals surface area contributed by atoms with Crippen molar-refractivity contribution in [2.75, 3.05) is 6.61 Å². The first-order chi connectivity index (χ1) is 9.60. The predicted molar refractivity (Wildman–Crippen MR) is 80.0 cm³/mol. The van der Waals surface area contributed by atoms with E-state index in [1.54, 1.807) is 0 Å². The Kier molecular flexibility index (Phi) is 4.71. The van der Waals surface area contributed by atoms with Crippen molar-refractivity contribution >= 4 is 16.7 Å². The van der Waals surface area contributed by atoms with Crippen LogP contribution in [0.5, 0.6) is 0 Å². The lowest BCUT2D eigenvalue weighted by Crippen LogP contribution is -2.19. The third-order valence-electron chi connectivity index (χ3n) is 3.24. The highest BCUT2D eigenvalue weighted by molar-refractivity contribution is 5.84. The van der Waals surface area contributed by atoms with Gasteiger partial charge in [-0.1, -0.05) is 30.3 Å². The van der Waals surface area contributed by atoms with Gasteiger partial charge in [0.1, 0.15) is 0 Å². The average Bonchev–Trinajstić information content (AvgIpc) is 2.44. The molecule has 0 aromatic heterocycles. The Hall–Kier alpha value is -1.91. The van der Waals surface area contributed by atoms with Crippen LogP contribution in [0.1, 0.15) is 30.6 Å². The van der Waals surface area contributed by atoms with Crippen LogP contribution in [0.4, 0.5) is 0 Å². The summed E-state index contributed by atoms with van der Waals surface area (Å²) in [5, 5.41) is 2.22. The van der Waals surface area contributed by atoms with E-state index in [2.05, 4.69) is 6.07 Å². The zero-order chi connectivity index (χ0) is 14.5. The summed E-state index contributed by atoms with van der Waals surface area (Å²) in [6, 6.07) is 12.1. The van der Waals surface area contributed by atoms with Gasteiger partial charge in [-0.05, 0) is 41.3 Å². The molecule has 0 aliphatic heterocycles. The van der Waals surface area contributed by atoms with E-state index in [-0.39, 0.29) is 5.97 Å². The summed E-state index contributed by atoms with van der Waals surface area (Å²) in [5.41, 5.74) is 13.4. The number of rotatable bonds is 5. The van der Waals surface area contributed by atoms with Crippen molar-refractivity contribution in [3.63, 3.8) is 0 Å². The number of hydrogen-bond acceptors (Lipinski definition) is 4. The van der Waals surface area contributed by atoms with E-state index in [1.807, 2.05) is 37.3 Å². The third kappa shape index (κ3) is 3.56. The van der Waals surface area contributed by atoms with Crippen LogP contribution in [0.15, 0.2) is 36.4 Å². The summed E-state index contributed by atoms with van der Waals surface area (Å²) in [6.07, 6.45) is 0.603. The molecule has 0 fully saturated rings. The molecule has 0 atom stereocenters. The van der Waals surface area contributed by atoms with Crippen LogP contribution < -0.4 is 11.5 Å². The number of fused-ring (bicyclic) bond motifs is 1. The smallest absolute Gasteiger partial charge is 0.306 e. The number of carbonyl (C=O) groups excluding carboxylic acids is 1. The summed E-state index contributed by atoms with van der Waals surface area (Å²) in [5.74, 6) is -0.162. The number of aryl methyl sites for hydroxylation is 1. The third-order valence-corrected chi connectivity index (χ3v) is 3.24. The molecular formula is C16H20N2O2. The van der Waals surface area contributed by atoms with Crippen LogP contribution in [0.3, 0.4) is 0 Å². The number of nitrogens with two attached hydrogens (primary N) is 2. The molecule has 0 radical (unpaired) electrons. The lowest BCUT2D eigenvalue weighted by atomic mass is 10.0. The second-order valence-corrected chi connectivity index (χ2v) is 4.77. The molecule has 4 nitrogen and oxygen atoms in total. The summed E-state index contributed by atoms with van der Waals surface area (Å²) >= 11 is 0. The van der Waals surface area contributed by atoms with Crippen molar-refractivity contribution < 1.29 is 9.53 Å². The van der Waals surface area contributed by atoms with Gasteiger partial charge in [0, 0.05) is 6.42 Å². The molecule has 106 valence electrons. The molecule has 0 saturated heterocycles. The molecule has 2 aromatic rings. The van der Waals surface area contributed by atoms with Crippen LogP contribution in [0.2, 0.25) is 0 Å². The molecule has 0 saturated carbocycles. The Labute approximate surface area is 118 Å². The molecule has 4 N–H and O–H groups in total. The standard InChI is InChI=1S/C16H20N2O2/c1-2-20-15(19)8-4-11-3-5-12-6-7-13(16(17)18)10-14(12)9-11/h3,5-7,9-10,16H,2,4,8,17-18H2,1H3. The maximum Gasteiger partial charge on any atom is 0.306 e. The predicted octanol–water partition coefficient (Wildman–Crippen LogP) is 2.25. The van der Waals surface area contributed by atoms with Crippen LogP contribution in [0.25, 0.3) is 10.8 Å². The Bertz CT molecular complexity index is 608. The van der Waals surface area contributed by atoms with Gasteiger partial charge < -0.3 is 16.2 Å². The molecule has 2 rings (SSSR count). The molecule has 0 amide bonds. The van der Waals surface area contributed by atoms with Crippen molar-refractivity contribution in [2.45, 2.75) is 25.9 Å². The van der Waals surface area contributed by atoms with Gasteiger partial charge in [-0.25, -0.2) is 0 Å². The van der Waals surface area contributed by atoms with E-state index in [0.29, 0.717) is 19.4 Å². The van der Waals surface area contributed by atoms with Crippen molar-refractivity contribution in [3.05, 3.63) is 47.5 Å². The van der Waals surface area contributed by atoms with Crippen molar-refractivity contribution in [3.8, 4) is 0 Å². The maximum absolute atomic E-state index is 11.4. The van der Waals surface area contributed by atoms with Crippen LogP contribution in [-0.2, 0) is 16.0 Å².